The van der Waals surface area contributed by atoms with Crippen LogP contribution in [0.15, 0.2) is 46.2 Å². The average Bonchev–Trinajstić information content (AvgIpc) is 2.98. The van der Waals surface area contributed by atoms with E-state index in [4.69, 9.17) is 18.9 Å². The quantitative estimate of drug-likeness (QED) is 0.115. The van der Waals surface area contributed by atoms with Gasteiger partial charge in [0.2, 0.25) is 0 Å². The molecule has 2 aromatic carbocycles. The second-order valence-electron chi connectivity index (χ2n) is 12.3. The van der Waals surface area contributed by atoms with Crippen molar-refractivity contribution in [3.63, 3.8) is 0 Å². The Labute approximate surface area is 317 Å². The second-order valence-corrected chi connectivity index (χ2v) is 15.0. The van der Waals surface area contributed by atoms with Crippen LogP contribution in [0.2, 0.25) is 0 Å². The summed E-state index contributed by atoms with van der Waals surface area (Å²) in [4.78, 5) is 46.1. The fraction of sp³-hybridized carbons (Fsp3) is 0.500. The Bertz CT molecular complexity index is 1540. The van der Waals surface area contributed by atoms with Crippen LogP contribution in [-0.2, 0) is 39.2 Å². The molecule has 268 valence electrons. The summed E-state index contributed by atoms with van der Waals surface area (Å²) in [5.74, 6) is -3.10. The van der Waals surface area contributed by atoms with E-state index in [9.17, 15) is 45.1 Å². The first-order valence-electron chi connectivity index (χ1n) is 14.9. The molecule has 0 saturated carbocycles. The van der Waals surface area contributed by atoms with Crippen LogP contribution in [0.5, 0.6) is 0 Å². The third kappa shape index (κ3) is 16.8. The molecule has 0 saturated heterocycles. The van der Waals surface area contributed by atoms with E-state index in [1.165, 1.54) is 12.1 Å². The van der Waals surface area contributed by atoms with E-state index >= 15 is 0 Å². The number of ether oxygens (including phenoxy) is 4. The zero-order valence-electron chi connectivity index (χ0n) is 28.8. The van der Waals surface area contributed by atoms with Gasteiger partial charge in [-0.1, -0.05) is 55.4 Å². The van der Waals surface area contributed by atoms with Crippen molar-refractivity contribution in [2.75, 3.05) is 26.4 Å². The van der Waals surface area contributed by atoms with Gasteiger partial charge in [0.05, 0.1) is 58.5 Å². The van der Waals surface area contributed by atoms with Gasteiger partial charge in [-0.2, -0.15) is 0 Å². The molecular formula is C32H42CaO14S2. The Kier molecular flexibility index (Phi) is 19.8. The molecule has 0 atom stereocenters. The molecular weight excluding hydrogens is 713 g/mol. The van der Waals surface area contributed by atoms with Crippen molar-refractivity contribution in [2.24, 2.45) is 23.7 Å². The van der Waals surface area contributed by atoms with Crippen LogP contribution in [0.3, 0.4) is 0 Å². The summed E-state index contributed by atoms with van der Waals surface area (Å²) in [7, 11) is -9.93. The Morgan fingerprint density at radius 2 is 0.755 bits per heavy atom. The summed E-state index contributed by atoms with van der Waals surface area (Å²) >= 11 is 0. The van der Waals surface area contributed by atoms with Crippen molar-refractivity contribution >= 4 is 81.9 Å². The molecule has 0 bridgehead atoms. The standard InChI is InChI=1S/2C16H22O7S.Ca/c2*1-10(2)8-22-15(17)12-5-6-13(14(7-12)24(19,20)21)16(18)23-9-11(3)4;/h2*5-7,10-11H,8-9H2,1-4H3,(H,19,20,21);/q;;+2/p-2. The minimum Gasteiger partial charge on any atom is -0.744 e. The maximum absolute atomic E-state index is 12.0. The van der Waals surface area contributed by atoms with E-state index in [0.717, 1.165) is 24.3 Å². The molecule has 0 unspecified atom stereocenters. The molecule has 0 aliphatic rings. The molecule has 0 N–H and O–H groups in total. The topological polar surface area (TPSA) is 220 Å². The predicted molar refractivity (Wildman–Crippen MR) is 175 cm³/mol. The van der Waals surface area contributed by atoms with Crippen molar-refractivity contribution in [1.29, 1.82) is 0 Å². The van der Waals surface area contributed by atoms with Gasteiger partial charge in [0.15, 0.2) is 0 Å². The van der Waals surface area contributed by atoms with Crippen LogP contribution in [0.4, 0.5) is 0 Å². The number of esters is 4. The van der Waals surface area contributed by atoms with E-state index in [1.807, 2.05) is 55.4 Å². The summed E-state index contributed by atoms with van der Waals surface area (Å²) in [5.41, 5.74) is -1.03. The van der Waals surface area contributed by atoms with E-state index in [-0.39, 0.29) is 99.0 Å². The van der Waals surface area contributed by atoms with Crippen molar-refractivity contribution in [2.45, 2.75) is 65.2 Å². The molecule has 0 radical (unpaired) electrons. The fourth-order valence-electron chi connectivity index (χ4n) is 3.34. The maximum atomic E-state index is 12.0. The van der Waals surface area contributed by atoms with Crippen molar-refractivity contribution in [1.82, 2.24) is 0 Å². The van der Waals surface area contributed by atoms with Crippen LogP contribution < -0.4 is 0 Å². The molecule has 0 heterocycles. The fourth-order valence-corrected chi connectivity index (χ4v) is 4.73. The summed E-state index contributed by atoms with van der Waals surface area (Å²) < 4.78 is 88.4. The zero-order valence-corrected chi connectivity index (χ0v) is 32.7. The minimum atomic E-state index is -4.96. The van der Waals surface area contributed by atoms with Gasteiger partial charge >= 0.3 is 61.6 Å². The molecule has 0 aliphatic carbocycles. The summed E-state index contributed by atoms with van der Waals surface area (Å²) in [6.07, 6.45) is 0. The zero-order chi connectivity index (χ0) is 37.0. The Morgan fingerprint density at radius 1 is 0.510 bits per heavy atom. The summed E-state index contributed by atoms with van der Waals surface area (Å²) in [6.45, 7) is 15.1. The maximum Gasteiger partial charge on any atom is 2.00 e. The van der Waals surface area contributed by atoms with Crippen molar-refractivity contribution in [3.05, 3.63) is 58.7 Å². The molecule has 0 amide bonds. The number of benzene rings is 2. The molecule has 0 fully saturated rings. The summed E-state index contributed by atoms with van der Waals surface area (Å²) in [6, 6.07) is 6.30. The number of hydrogen-bond donors (Lipinski definition) is 0. The minimum absolute atomic E-state index is 0. The van der Waals surface area contributed by atoms with Crippen molar-refractivity contribution in [3.8, 4) is 0 Å². The molecule has 49 heavy (non-hydrogen) atoms. The largest absolute Gasteiger partial charge is 2.00 e. The number of carbonyl (C=O) groups is 4. The first-order chi connectivity index (χ1) is 22.0. The molecule has 2 aromatic rings. The molecule has 2 rings (SSSR count). The van der Waals surface area contributed by atoms with Crippen LogP contribution in [0.1, 0.15) is 96.8 Å². The van der Waals surface area contributed by atoms with Crippen LogP contribution in [0, 0.1) is 23.7 Å². The predicted octanol–water partition coefficient (Wildman–Crippen LogP) is 4.05. The molecule has 17 heteroatoms. The normalized spacial score (nSPS) is 11.4. The SMILES string of the molecule is CC(C)COC(=O)c1ccc(C(=O)OCC(C)C)c(S(=O)(=O)[O-])c1.CC(C)COC(=O)c1ccc(C(=O)OCC(C)C)c(S(=O)(=O)[O-])c1.[Ca+2]. The van der Waals surface area contributed by atoms with E-state index in [1.54, 1.807) is 0 Å². The van der Waals surface area contributed by atoms with Gasteiger partial charge < -0.3 is 28.1 Å². The van der Waals surface area contributed by atoms with Gasteiger partial charge in [-0.15, -0.1) is 0 Å². The monoisotopic (exact) mass is 754 g/mol. The summed E-state index contributed by atoms with van der Waals surface area (Å²) in [5, 5.41) is 0. The van der Waals surface area contributed by atoms with E-state index < -0.39 is 65.0 Å². The molecule has 0 aliphatic heterocycles. The number of hydrogen-bond acceptors (Lipinski definition) is 14. The van der Waals surface area contributed by atoms with Gasteiger partial charge in [0, 0.05) is 0 Å². The van der Waals surface area contributed by atoms with E-state index in [0.29, 0.717) is 0 Å². The Hall–Kier alpha value is -2.60. The van der Waals surface area contributed by atoms with Gasteiger partial charge in [-0.05, 0) is 60.1 Å². The Morgan fingerprint density at radius 3 is 0.980 bits per heavy atom. The van der Waals surface area contributed by atoms with Crippen molar-refractivity contribution < 1.29 is 64.1 Å². The smallest absolute Gasteiger partial charge is 0.744 e. The van der Waals surface area contributed by atoms with Gasteiger partial charge in [-0.3, -0.25) is 0 Å². The first kappa shape index (κ1) is 46.4. The van der Waals surface area contributed by atoms with Crippen LogP contribution >= 0.6 is 0 Å². The van der Waals surface area contributed by atoms with E-state index in [2.05, 4.69) is 0 Å². The Balaban J connectivity index is 0.000000922. The average molecular weight is 755 g/mol. The number of carbonyl (C=O) groups excluding carboxylic acids is 4. The first-order valence-corrected chi connectivity index (χ1v) is 17.7. The number of rotatable bonds is 14. The third-order valence-corrected chi connectivity index (χ3v) is 7.36. The van der Waals surface area contributed by atoms with Crippen LogP contribution in [0.25, 0.3) is 0 Å². The van der Waals surface area contributed by atoms with Gasteiger partial charge in [0.25, 0.3) is 0 Å². The molecule has 14 nitrogen and oxygen atoms in total. The second kappa shape index (κ2) is 20.9. The van der Waals surface area contributed by atoms with Gasteiger partial charge in [0.1, 0.15) is 20.2 Å². The van der Waals surface area contributed by atoms with Gasteiger partial charge in [-0.25, -0.2) is 36.0 Å². The third-order valence-electron chi connectivity index (χ3n) is 5.60. The molecule has 0 spiro atoms. The molecule has 0 aromatic heterocycles. The van der Waals surface area contributed by atoms with Crippen LogP contribution in [-0.4, -0.2) is 114 Å².